The van der Waals surface area contributed by atoms with Gasteiger partial charge in [0.1, 0.15) is 5.75 Å². The molecule has 0 spiro atoms. The molecule has 0 aliphatic heterocycles. The lowest BCUT2D eigenvalue weighted by molar-refractivity contribution is -0.274. The van der Waals surface area contributed by atoms with Gasteiger partial charge in [0.15, 0.2) is 0 Å². The molecule has 1 aromatic rings. The molecule has 0 atom stereocenters. The Morgan fingerprint density at radius 1 is 0.880 bits per heavy atom. The summed E-state index contributed by atoms with van der Waals surface area (Å²) in [6, 6.07) is 6.33. The van der Waals surface area contributed by atoms with Crippen LogP contribution in [-0.4, -0.2) is 6.36 Å². The topological polar surface area (TPSA) is 9.23 Å². The molecule has 0 amide bonds. The number of benzene rings is 1. The summed E-state index contributed by atoms with van der Waals surface area (Å²) in [6.07, 6.45) is 9.63. The Hall–Kier alpha value is -1.19. The van der Waals surface area contributed by atoms with Crippen molar-refractivity contribution in [2.24, 2.45) is 11.8 Å². The molecule has 0 unspecified atom stereocenters. The van der Waals surface area contributed by atoms with Crippen molar-refractivity contribution in [1.82, 2.24) is 0 Å². The van der Waals surface area contributed by atoms with Gasteiger partial charge in [-0.1, -0.05) is 76.8 Å². The third-order valence-corrected chi connectivity index (χ3v) is 5.43. The molecule has 1 nitrogen and oxygen atoms in total. The van der Waals surface area contributed by atoms with Gasteiger partial charge in [-0.2, -0.15) is 0 Å². The van der Waals surface area contributed by atoms with Crippen LogP contribution in [-0.2, 0) is 6.42 Å². The first kappa shape index (κ1) is 20.1. The van der Waals surface area contributed by atoms with Crippen LogP contribution in [0.3, 0.4) is 0 Å². The fraction of sp³-hybridized carbons (Fsp3) is 0.714. The van der Waals surface area contributed by atoms with Crippen LogP contribution in [0.1, 0.15) is 76.7 Å². The van der Waals surface area contributed by atoms with Gasteiger partial charge in [-0.25, -0.2) is 0 Å². The Bertz CT molecular complexity index is 473. The van der Waals surface area contributed by atoms with E-state index in [9.17, 15) is 13.2 Å². The van der Waals surface area contributed by atoms with Gasteiger partial charge >= 0.3 is 6.36 Å². The molecule has 1 fully saturated rings. The predicted molar refractivity (Wildman–Crippen MR) is 95.7 cm³/mol. The Morgan fingerprint density at radius 2 is 1.48 bits per heavy atom. The SMILES string of the molecule is CCCCCC[C@H]1CC[C@H](CCc2ccc(OC(F)(F)F)cc2)CC1. The zero-order valence-electron chi connectivity index (χ0n) is 15.3. The molecule has 0 N–H and O–H groups in total. The molecule has 25 heavy (non-hydrogen) atoms. The fourth-order valence-corrected chi connectivity index (χ4v) is 3.90. The highest BCUT2D eigenvalue weighted by atomic mass is 19.4. The highest BCUT2D eigenvalue weighted by molar-refractivity contribution is 5.27. The predicted octanol–water partition coefficient (Wildman–Crippen LogP) is 7.29. The number of unbranched alkanes of at least 4 members (excludes halogenated alkanes) is 3. The van der Waals surface area contributed by atoms with Gasteiger partial charge in [0.25, 0.3) is 0 Å². The molecule has 0 saturated heterocycles. The first-order valence-electron chi connectivity index (χ1n) is 9.81. The summed E-state index contributed by atoms with van der Waals surface area (Å²) in [5, 5.41) is 0. The maximum atomic E-state index is 12.2. The summed E-state index contributed by atoms with van der Waals surface area (Å²) in [5.41, 5.74) is 1.09. The van der Waals surface area contributed by atoms with Crippen molar-refractivity contribution in [2.75, 3.05) is 0 Å². The van der Waals surface area contributed by atoms with E-state index in [0.29, 0.717) is 0 Å². The largest absolute Gasteiger partial charge is 0.573 e. The van der Waals surface area contributed by atoms with E-state index in [0.717, 1.165) is 30.2 Å². The average Bonchev–Trinajstić information content (AvgIpc) is 2.58. The maximum Gasteiger partial charge on any atom is 0.573 e. The summed E-state index contributed by atoms with van der Waals surface area (Å²) < 4.78 is 40.4. The van der Waals surface area contributed by atoms with E-state index in [1.54, 1.807) is 12.1 Å². The second-order valence-corrected chi connectivity index (χ2v) is 7.47. The van der Waals surface area contributed by atoms with Crippen LogP contribution in [0.4, 0.5) is 13.2 Å². The van der Waals surface area contributed by atoms with Gasteiger partial charge in [-0.15, -0.1) is 13.2 Å². The van der Waals surface area contributed by atoms with Gasteiger partial charge in [-0.3, -0.25) is 0 Å². The number of hydrogen-bond acceptors (Lipinski definition) is 1. The van der Waals surface area contributed by atoms with Gasteiger partial charge in [0, 0.05) is 0 Å². The van der Waals surface area contributed by atoms with Gasteiger partial charge in [0.05, 0.1) is 0 Å². The number of alkyl halides is 3. The second-order valence-electron chi connectivity index (χ2n) is 7.47. The smallest absolute Gasteiger partial charge is 0.406 e. The maximum absolute atomic E-state index is 12.2. The van der Waals surface area contributed by atoms with Crippen LogP contribution in [0.2, 0.25) is 0 Å². The van der Waals surface area contributed by atoms with E-state index in [4.69, 9.17) is 0 Å². The van der Waals surface area contributed by atoms with Crippen LogP contribution >= 0.6 is 0 Å². The summed E-state index contributed by atoms with van der Waals surface area (Å²) >= 11 is 0. The van der Waals surface area contributed by atoms with E-state index < -0.39 is 6.36 Å². The molecule has 2 rings (SSSR count). The zero-order chi connectivity index (χ0) is 18.1. The third kappa shape index (κ3) is 8.15. The molecule has 0 bridgehead atoms. The van der Waals surface area contributed by atoms with Crippen molar-refractivity contribution >= 4 is 0 Å². The van der Waals surface area contributed by atoms with Crippen LogP contribution in [0.5, 0.6) is 5.75 Å². The molecule has 4 heteroatoms. The summed E-state index contributed by atoms with van der Waals surface area (Å²) in [5.74, 6) is 1.56. The van der Waals surface area contributed by atoms with Gasteiger partial charge in [0.2, 0.25) is 0 Å². The lowest BCUT2D eigenvalue weighted by Crippen LogP contribution is -2.17. The molecular weight excluding hydrogens is 325 g/mol. The molecule has 1 aliphatic carbocycles. The van der Waals surface area contributed by atoms with E-state index in [1.807, 2.05) is 0 Å². The molecule has 0 radical (unpaired) electrons. The number of halogens is 3. The van der Waals surface area contributed by atoms with Crippen molar-refractivity contribution in [3.8, 4) is 5.75 Å². The number of rotatable bonds is 9. The first-order chi connectivity index (χ1) is 12.0. The summed E-state index contributed by atoms with van der Waals surface area (Å²) in [6.45, 7) is 2.25. The van der Waals surface area contributed by atoms with Crippen molar-refractivity contribution < 1.29 is 17.9 Å². The Kier molecular flexibility index (Phi) is 8.11. The monoisotopic (exact) mass is 356 g/mol. The highest BCUT2D eigenvalue weighted by Gasteiger charge is 2.31. The van der Waals surface area contributed by atoms with Crippen molar-refractivity contribution in [2.45, 2.75) is 83.9 Å². The van der Waals surface area contributed by atoms with Gasteiger partial charge in [-0.05, 0) is 42.4 Å². The van der Waals surface area contributed by atoms with Crippen molar-refractivity contribution in [3.05, 3.63) is 29.8 Å². The minimum atomic E-state index is -4.61. The molecule has 0 heterocycles. The average molecular weight is 356 g/mol. The Morgan fingerprint density at radius 3 is 2.04 bits per heavy atom. The molecule has 142 valence electrons. The van der Waals surface area contributed by atoms with Crippen molar-refractivity contribution in [1.29, 1.82) is 0 Å². The number of hydrogen-bond donors (Lipinski definition) is 0. The lowest BCUT2D eigenvalue weighted by atomic mass is 9.78. The van der Waals surface area contributed by atoms with E-state index >= 15 is 0 Å². The van der Waals surface area contributed by atoms with Crippen molar-refractivity contribution in [3.63, 3.8) is 0 Å². The molecule has 0 aromatic heterocycles. The number of ether oxygens (including phenoxy) is 1. The Labute approximate surface area is 150 Å². The fourth-order valence-electron chi connectivity index (χ4n) is 3.90. The minimum Gasteiger partial charge on any atom is -0.406 e. The van der Waals surface area contributed by atoms with Crippen LogP contribution in [0.15, 0.2) is 24.3 Å². The molecule has 1 aliphatic rings. The first-order valence-corrected chi connectivity index (χ1v) is 9.81. The van der Waals surface area contributed by atoms with Gasteiger partial charge < -0.3 is 4.74 Å². The quantitative estimate of drug-likeness (QED) is 0.422. The molecular formula is C21H31F3O. The number of aryl methyl sites for hydroxylation is 1. The van der Waals surface area contributed by atoms with E-state index in [-0.39, 0.29) is 5.75 Å². The summed E-state index contributed by atoms with van der Waals surface area (Å²) in [4.78, 5) is 0. The second kappa shape index (κ2) is 10.1. The lowest BCUT2D eigenvalue weighted by Gasteiger charge is -2.28. The zero-order valence-corrected chi connectivity index (χ0v) is 15.3. The molecule has 1 saturated carbocycles. The van der Waals surface area contributed by atoms with Crippen LogP contribution < -0.4 is 4.74 Å². The Balaban J connectivity index is 1.64. The van der Waals surface area contributed by atoms with Crippen LogP contribution in [0.25, 0.3) is 0 Å². The van der Waals surface area contributed by atoms with E-state index in [1.165, 1.54) is 69.9 Å². The third-order valence-electron chi connectivity index (χ3n) is 5.43. The normalized spacial score (nSPS) is 21.3. The minimum absolute atomic E-state index is 0.139. The molecule has 1 aromatic carbocycles. The summed E-state index contributed by atoms with van der Waals surface area (Å²) in [7, 11) is 0. The standard InChI is InChI=1S/C21H31F3O/c1-2-3-4-5-6-17-7-9-18(10-8-17)11-12-19-13-15-20(16-14-19)25-21(22,23)24/h13-18H,2-12H2,1H3/t17-,18-. The van der Waals surface area contributed by atoms with E-state index in [2.05, 4.69) is 11.7 Å². The van der Waals surface area contributed by atoms with Crippen LogP contribution in [0, 0.1) is 11.8 Å². The highest BCUT2D eigenvalue weighted by Crippen LogP contribution is 2.34.